The maximum Gasteiger partial charge on any atom is 0.240 e. The molecule has 4 N–H and O–H groups in total. The van der Waals surface area contributed by atoms with Gasteiger partial charge >= 0.3 is 0 Å². The van der Waals surface area contributed by atoms with Crippen LogP contribution in [0.1, 0.15) is 48.2 Å². The monoisotopic (exact) mass is 524 g/mol. The van der Waals surface area contributed by atoms with Crippen LogP contribution in [0.25, 0.3) is 10.9 Å². The summed E-state index contributed by atoms with van der Waals surface area (Å²) >= 11 is 0. The Morgan fingerprint density at radius 1 is 0.974 bits per heavy atom. The second-order valence-corrected chi connectivity index (χ2v) is 10.5. The number of aromatic nitrogens is 4. The van der Waals surface area contributed by atoms with Gasteiger partial charge in [0.15, 0.2) is 5.82 Å². The minimum Gasteiger partial charge on any atom is -0.361 e. The minimum absolute atomic E-state index is 0.283. The molecule has 0 radical (unpaired) electrons. The van der Waals surface area contributed by atoms with E-state index in [9.17, 15) is 9.18 Å². The number of rotatable bonds is 10. The third-order valence-corrected chi connectivity index (χ3v) is 6.89. The summed E-state index contributed by atoms with van der Waals surface area (Å²) in [5.41, 5.74) is 9.27. The number of halogens is 1. The van der Waals surface area contributed by atoms with Gasteiger partial charge < -0.3 is 20.6 Å². The van der Waals surface area contributed by atoms with E-state index < -0.39 is 11.6 Å². The standard InChI is InChI=1S/C31H33FN6O/c1-31(2,33)30(39)35-27(18-23-19-34-26-11-7-6-10-25(23)26)29-37-36-28(17-14-21-8-4-3-5-9-21)38(29)20-22-12-15-24(32)16-13-22/h3-13,15-16,19,27,34H,14,17-18,20,33H2,1-2H3,(H,35,39). The first-order chi connectivity index (χ1) is 18.8. The van der Waals surface area contributed by atoms with Gasteiger partial charge in [-0.05, 0) is 55.2 Å². The van der Waals surface area contributed by atoms with Crippen LogP contribution in [-0.4, -0.2) is 31.2 Å². The van der Waals surface area contributed by atoms with E-state index in [1.54, 1.807) is 26.0 Å². The number of nitrogens with zero attached hydrogens (tertiary/aromatic N) is 3. The number of nitrogens with one attached hydrogen (secondary N) is 2. The van der Waals surface area contributed by atoms with Crippen molar-refractivity contribution in [3.8, 4) is 0 Å². The fraction of sp³-hybridized carbons (Fsp3) is 0.258. The SMILES string of the molecule is CC(C)(N)C(=O)NC(Cc1c[nH]c2ccccc12)c1nnc(CCc2ccccc2)n1Cc1ccc(F)cc1. The molecule has 3 aromatic carbocycles. The lowest BCUT2D eigenvalue weighted by atomic mass is 10.0. The first kappa shape index (κ1) is 26.3. The number of fused-ring (bicyclic) bond motifs is 1. The topological polar surface area (TPSA) is 102 Å². The predicted molar refractivity (Wildman–Crippen MR) is 151 cm³/mol. The zero-order valence-corrected chi connectivity index (χ0v) is 22.2. The maximum absolute atomic E-state index is 13.7. The lowest BCUT2D eigenvalue weighted by molar-refractivity contribution is -0.126. The van der Waals surface area contributed by atoms with Crippen molar-refractivity contribution in [3.05, 3.63) is 119 Å². The molecule has 0 spiro atoms. The van der Waals surface area contributed by atoms with Crippen LogP contribution in [0.5, 0.6) is 0 Å². The van der Waals surface area contributed by atoms with E-state index in [1.807, 2.05) is 47.2 Å². The van der Waals surface area contributed by atoms with Crippen LogP contribution in [-0.2, 0) is 30.6 Å². The van der Waals surface area contributed by atoms with Gasteiger partial charge in [0, 0.05) is 29.9 Å². The van der Waals surface area contributed by atoms with Crippen molar-refractivity contribution in [2.75, 3.05) is 0 Å². The summed E-state index contributed by atoms with van der Waals surface area (Å²) in [4.78, 5) is 16.4. The van der Waals surface area contributed by atoms with E-state index in [-0.39, 0.29) is 11.7 Å². The lowest BCUT2D eigenvalue weighted by Gasteiger charge is -2.25. The Labute approximate surface area is 227 Å². The van der Waals surface area contributed by atoms with Crippen LogP contribution in [0.15, 0.2) is 85.1 Å². The molecule has 1 unspecified atom stereocenters. The number of hydrogen-bond donors (Lipinski definition) is 3. The Morgan fingerprint density at radius 3 is 2.44 bits per heavy atom. The van der Waals surface area contributed by atoms with Crippen molar-refractivity contribution < 1.29 is 9.18 Å². The van der Waals surface area contributed by atoms with Crippen LogP contribution < -0.4 is 11.1 Å². The quantitative estimate of drug-likeness (QED) is 0.243. The van der Waals surface area contributed by atoms with E-state index in [1.165, 1.54) is 17.7 Å². The van der Waals surface area contributed by atoms with Crippen molar-refractivity contribution in [2.45, 2.75) is 51.2 Å². The molecular weight excluding hydrogens is 491 g/mol. The predicted octanol–water partition coefficient (Wildman–Crippen LogP) is 4.87. The van der Waals surface area contributed by atoms with Crippen molar-refractivity contribution in [1.82, 2.24) is 25.1 Å². The first-order valence-corrected chi connectivity index (χ1v) is 13.1. The van der Waals surface area contributed by atoms with Gasteiger partial charge in [-0.3, -0.25) is 4.79 Å². The molecule has 5 rings (SSSR count). The average Bonchev–Trinajstić information content (AvgIpc) is 3.52. The molecule has 0 aliphatic rings. The minimum atomic E-state index is -1.07. The molecule has 0 saturated carbocycles. The van der Waals surface area contributed by atoms with E-state index in [2.05, 4.69) is 38.7 Å². The summed E-state index contributed by atoms with van der Waals surface area (Å²) in [5, 5.41) is 13.4. The second kappa shape index (κ2) is 11.2. The van der Waals surface area contributed by atoms with E-state index in [0.29, 0.717) is 25.2 Å². The van der Waals surface area contributed by atoms with Crippen molar-refractivity contribution >= 4 is 16.8 Å². The summed E-state index contributed by atoms with van der Waals surface area (Å²) < 4.78 is 15.7. The van der Waals surface area contributed by atoms with Crippen LogP contribution >= 0.6 is 0 Å². The highest BCUT2D eigenvalue weighted by Crippen LogP contribution is 2.26. The zero-order valence-electron chi connectivity index (χ0n) is 22.2. The molecule has 2 heterocycles. The highest BCUT2D eigenvalue weighted by molar-refractivity contribution is 5.86. The number of benzene rings is 3. The van der Waals surface area contributed by atoms with Gasteiger partial charge in [0.25, 0.3) is 0 Å². The van der Waals surface area contributed by atoms with Crippen LogP contribution in [0.3, 0.4) is 0 Å². The summed E-state index contributed by atoms with van der Waals surface area (Å²) in [6.45, 7) is 3.80. The molecule has 2 aromatic heterocycles. The Bertz CT molecular complexity index is 1550. The van der Waals surface area contributed by atoms with Crippen LogP contribution in [0, 0.1) is 5.82 Å². The molecule has 0 bridgehead atoms. The zero-order chi connectivity index (χ0) is 27.4. The third kappa shape index (κ3) is 6.23. The molecule has 5 aromatic rings. The fourth-order valence-electron chi connectivity index (χ4n) is 4.71. The largest absolute Gasteiger partial charge is 0.361 e. The second-order valence-electron chi connectivity index (χ2n) is 10.5. The number of H-pyrrole nitrogens is 1. The summed E-state index contributed by atoms with van der Waals surface area (Å²) in [6, 6.07) is 24.2. The average molecular weight is 525 g/mol. The number of carbonyl (C=O) groups excluding carboxylic acids is 1. The molecule has 0 aliphatic heterocycles. The number of aryl methyl sites for hydroxylation is 2. The number of hydrogen-bond acceptors (Lipinski definition) is 4. The van der Waals surface area contributed by atoms with Gasteiger partial charge in [-0.25, -0.2) is 4.39 Å². The molecule has 1 amide bonds. The van der Waals surface area contributed by atoms with Gasteiger partial charge in [0.05, 0.1) is 18.1 Å². The number of amides is 1. The number of nitrogens with two attached hydrogens (primary N) is 1. The highest BCUT2D eigenvalue weighted by Gasteiger charge is 2.29. The summed E-state index contributed by atoms with van der Waals surface area (Å²) in [7, 11) is 0. The molecule has 200 valence electrons. The molecule has 0 aliphatic carbocycles. The molecule has 39 heavy (non-hydrogen) atoms. The van der Waals surface area contributed by atoms with E-state index in [4.69, 9.17) is 5.73 Å². The van der Waals surface area contributed by atoms with Crippen molar-refractivity contribution in [1.29, 1.82) is 0 Å². The van der Waals surface area contributed by atoms with Crippen LogP contribution in [0.2, 0.25) is 0 Å². The first-order valence-electron chi connectivity index (χ1n) is 13.1. The summed E-state index contributed by atoms with van der Waals surface area (Å²) in [6.07, 6.45) is 3.91. The fourth-order valence-corrected chi connectivity index (χ4v) is 4.71. The Balaban J connectivity index is 1.53. The number of aromatic amines is 1. The summed E-state index contributed by atoms with van der Waals surface area (Å²) in [5.74, 6) is 0.852. The smallest absolute Gasteiger partial charge is 0.240 e. The molecule has 7 nitrogen and oxygen atoms in total. The van der Waals surface area contributed by atoms with E-state index in [0.717, 1.165) is 34.3 Å². The molecule has 0 saturated heterocycles. The Hall–Kier alpha value is -4.30. The molecular formula is C31H33FN6O. The van der Waals surface area contributed by atoms with Gasteiger partial charge in [0.2, 0.25) is 5.91 Å². The van der Waals surface area contributed by atoms with Gasteiger partial charge in [-0.2, -0.15) is 0 Å². The van der Waals surface area contributed by atoms with Crippen molar-refractivity contribution in [3.63, 3.8) is 0 Å². The molecule has 0 fully saturated rings. The number of carbonyl (C=O) groups is 1. The van der Waals surface area contributed by atoms with Crippen LogP contribution in [0.4, 0.5) is 4.39 Å². The maximum atomic E-state index is 13.7. The van der Waals surface area contributed by atoms with Gasteiger partial charge in [-0.15, -0.1) is 10.2 Å². The van der Waals surface area contributed by atoms with Gasteiger partial charge in [0.1, 0.15) is 11.6 Å². The molecule has 8 heteroatoms. The lowest BCUT2D eigenvalue weighted by Crippen LogP contribution is -2.50. The molecule has 1 atom stereocenters. The Kier molecular flexibility index (Phi) is 7.56. The number of para-hydroxylation sites is 1. The normalized spacial score (nSPS) is 12.5. The van der Waals surface area contributed by atoms with Gasteiger partial charge in [-0.1, -0.05) is 60.7 Å². The Morgan fingerprint density at radius 2 is 1.69 bits per heavy atom. The third-order valence-electron chi connectivity index (χ3n) is 6.89. The van der Waals surface area contributed by atoms with Crippen molar-refractivity contribution in [2.24, 2.45) is 5.73 Å². The highest BCUT2D eigenvalue weighted by atomic mass is 19.1. The van der Waals surface area contributed by atoms with E-state index >= 15 is 0 Å².